The second kappa shape index (κ2) is 12.2. The van der Waals surface area contributed by atoms with E-state index in [1.165, 1.54) is 50.7 Å². The van der Waals surface area contributed by atoms with Gasteiger partial charge in [0.05, 0.1) is 12.2 Å². The summed E-state index contributed by atoms with van der Waals surface area (Å²) in [6.45, 7) is 15.6. The summed E-state index contributed by atoms with van der Waals surface area (Å²) in [7, 11) is 0. The van der Waals surface area contributed by atoms with Crippen molar-refractivity contribution in [2.45, 2.75) is 104 Å². The second-order valence-electron chi connectivity index (χ2n) is 9.29. The van der Waals surface area contributed by atoms with Crippen LogP contribution in [0.3, 0.4) is 0 Å². The topological polar surface area (TPSA) is 49.8 Å². The van der Waals surface area contributed by atoms with Gasteiger partial charge >= 0.3 is 5.97 Å². The molecule has 0 aromatic heterocycles. The van der Waals surface area contributed by atoms with Gasteiger partial charge < -0.3 is 9.84 Å². The Bertz CT molecular complexity index is 577. The number of carbonyl (C=O) groups excluding carboxylic acids is 1. The fourth-order valence-corrected chi connectivity index (χ4v) is 3.73. The van der Waals surface area contributed by atoms with Crippen LogP contribution in [0.4, 0.5) is 0 Å². The van der Waals surface area contributed by atoms with Crippen LogP contribution in [0.15, 0.2) is 24.3 Å². The number of phenolic OH excluding ortho intramolecular Hbond substituents is 1. The van der Waals surface area contributed by atoms with Gasteiger partial charge in [0.1, 0.15) is 5.75 Å². The molecule has 1 rings (SSSR count). The highest BCUT2D eigenvalue weighted by Crippen LogP contribution is 2.30. The minimum Gasteiger partial charge on any atom is -0.508 e. The van der Waals surface area contributed by atoms with Crippen molar-refractivity contribution in [3.63, 3.8) is 0 Å². The molecule has 1 aromatic rings. The Morgan fingerprint density at radius 3 is 1.86 bits per heavy atom. The van der Waals surface area contributed by atoms with Crippen molar-refractivity contribution < 1.29 is 14.6 Å². The number of carbonyl (C=O) groups is 1. The zero-order valence-corrected chi connectivity index (χ0v) is 19.6. The average Bonchev–Trinajstić information content (AvgIpc) is 2.69. The normalized spacial score (nSPS) is 12.4. The van der Waals surface area contributed by atoms with Gasteiger partial charge in [-0.25, -0.2) is 4.79 Å². The molecular weight excluding hydrogens is 362 g/mol. The molecule has 0 radical (unpaired) electrons. The third-order valence-electron chi connectivity index (χ3n) is 6.30. The molecule has 0 saturated carbocycles. The fraction of sp³-hybridized carbons (Fsp3) is 0.720. The zero-order chi connectivity index (χ0) is 21.9. The molecule has 0 bridgehead atoms. The second-order valence-corrected chi connectivity index (χ2v) is 9.29. The molecule has 0 fully saturated rings. The number of aromatic hydroxyl groups is 1. The van der Waals surface area contributed by atoms with E-state index in [1.807, 2.05) is 0 Å². The van der Waals surface area contributed by atoms with Gasteiger partial charge in [0.25, 0.3) is 0 Å². The lowest BCUT2D eigenvalue weighted by Crippen LogP contribution is -2.55. The van der Waals surface area contributed by atoms with Crippen LogP contribution in [0.2, 0.25) is 0 Å². The highest BCUT2D eigenvalue weighted by atomic mass is 16.5. The minimum atomic E-state index is -0.317. The maximum absolute atomic E-state index is 11.9. The van der Waals surface area contributed by atoms with E-state index in [0.29, 0.717) is 12.2 Å². The molecule has 0 saturated heterocycles. The lowest BCUT2D eigenvalue weighted by atomic mass is 9.88. The standard InChI is InChI=1S/C25H43NO3/c1-7-24(3,4)26(25(5,6)8-2)19-13-11-9-10-12-14-20-29-23(28)21-15-17-22(27)18-16-21/h15-18,27H,7-14,19-20H2,1-6H3. The molecule has 0 spiro atoms. The Hall–Kier alpha value is -1.55. The van der Waals surface area contributed by atoms with Crippen LogP contribution in [0, 0.1) is 0 Å². The molecule has 0 aliphatic heterocycles. The minimum absolute atomic E-state index is 0.154. The molecule has 0 atom stereocenters. The quantitative estimate of drug-likeness (QED) is 0.281. The zero-order valence-electron chi connectivity index (χ0n) is 19.6. The van der Waals surface area contributed by atoms with Crippen LogP contribution >= 0.6 is 0 Å². The molecule has 166 valence electrons. The summed E-state index contributed by atoms with van der Waals surface area (Å²) in [4.78, 5) is 14.6. The number of ether oxygens (including phenoxy) is 1. The Kier molecular flexibility index (Phi) is 10.7. The van der Waals surface area contributed by atoms with Gasteiger partial charge in [0, 0.05) is 11.1 Å². The number of esters is 1. The fourth-order valence-electron chi connectivity index (χ4n) is 3.73. The maximum atomic E-state index is 11.9. The number of hydrogen-bond donors (Lipinski definition) is 1. The van der Waals surface area contributed by atoms with Crippen molar-refractivity contribution in [3.05, 3.63) is 29.8 Å². The Morgan fingerprint density at radius 2 is 1.34 bits per heavy atom. The van der Waals surface area contributed by atoms with Crippen LogP contribution in [-0.2, 0) is 4.74 Å². The highest BCUT2D eigenvalue weighted by molar-refractivity contribution is 5.89. The first-order valence-electron chi connectivity index (χ1n) is 11.4. The van der Waals surface area contributed by atoms with Gasteiger partial charge in [-0.05, 0) is 84.2 Å². The van der Waals surface area contributed by atoms with Gasteiger partial charge in [-0.1, -0.05) is 39.5 Å². The molecule has 29 heavy (non-hydrogen) atoms. The van der Waals surface area contributed by atoms with E-state index in [2.05, 4.69) is 46.4 Å². The summed E-state index contributed by atoms with van der Waals surface area (Å²) in [5.74, 6) is -0.164. The lowest BCUT2D eigenvalue weighted by Gasteiger charge is -2.48. The molecule has 1 aromatic carbocycles. The van der Waals surface area contributed by atoms with E-state index < -0.39 is 0 Å². The van der Waals surface area contributed by atoms with E-state index in [0.717, 1.165) is 19.4 Å². The lowest BCUT2D eigenvalue weighted by molar-refractivity contribution is 0.00960. The van der Waals surface area contributed by atoms with E-state index in [1.54, 1.807) is 12.1 Å². The third-order valence-corrected chi connectivity index (χ3v) is 6.30. The van der Waals surface area contributed by atoms with Crippen LogP contribution in [0.5, 0.6) is 5.75 Å². The van der Waals surface area contributed by atoms with Gasteiger partial charge in [0.2, 0.25) is 0 Å². The molecular formula is C25H43NO3. The predicted molar refractivity (Wildman–Crippen MR) is 122 cm³/mol. The van der Waals surface area contributed by atoms with Crippen molar-refractivity contribution in [2.24, 2.45) is 0 Å². The Morgan fingerprint density at radius 1 is 0.862 bits per heavy atom. The van der Waals surface area contributed by atoms with Crippen molar-refractivity contribution in [1.82, 2.24) is 4.90 Å². The van der Waals surface area contributed by atoms with E-state index in [-0.39, 0.29) is 22.8 Å². The first-order chi connectivity index (χ1) is 13.6. The summed E-state index contributed by atoms with van der Waals surface area (Å²) in [5.41, 5.74) is 0.958. The molecule has 4 heteroatoms. The van der Waals surface area contributed by atoms with Crippen molar-refractivity contribution in [1.29, 1.82) is 0 Å². The van der Waals surface area contributed by atoms with Crippen LogP contribution in [-0.4, -0.2) is 40.2 Å². The number of nitrogens with zero attached hydrogens (tertiary/aromatic N) is 1. The average molecular weight is 406 g/mol. The van der Waals surface area contributed by atoms with Gasteiger partial charge in [-0.2, -0.15) is 0 Å². The van der Waals surface area contributed by atoms with E-state index >= 15 is 0 Å². The molecule has 0 aliphatic rings. The van der Waals surface area contributed by atoms with Crippen LogP contribution in [0.1, 0.15) is 103 Å². The Balaban J connectivity index is 2.18. The van der Waals surface area contributed by atoms with Crippen molar-refractivity contribution in [3.8, 4) is 5.75 Å². The molecule has 0 amide bonds. The van der Waals surface area contributed by atoms with Crippen molar-refractivity contribution >= 4 is 5.97 Å². The summed E-state index contributed by atoms with van der Waals surface area (Å²) in [6.07, 6.45) is 9.24. The first-order valence-corrected chi connectivity index (χ1v) is 11.4. The molecule has 4 nitrogen and oxygen atoms in total. The molecule has 0 unspecified atom stereocenters. The summed E-state index contributed by atoms with van der Waals surface area (Å²) in [6, 6.07) is 6.17. The molecule has 0 heterocycles. The first kappa shape index (κ1) is 25.5. The van der Waals surface area contributed by atoms with Gasteiger partial charge in [-0.3, -0.25) is 4.90 Å². The third kappa shape index (κ3) is 8.77. The predicted octanol–water partition coefficient (Wildman–Crippen LogP) is 6.57. The van der Waals surface area contributed by atoms with E-state index in [9.17, 15) is 9.90 Å². The maximum Gasteiger partial charge on any atom is 0.338 e. The molecule has 0 aliphatic carbocycles. The summed E-state index contributed by atoms with van der Waals surface area (Å²) >= 11 is 0. The van der Waals surface area contributed by atoms with Crippen LogP contribution < -0.4 is 0 Å². The monoisotopic (exact) mass is 405 g/mol. The summed E-state index contributed by atoms with van der Waals surface area (Å²) < 4.78 is 5.30. The largest absolute Gasteiger partial charge is 0.508 e. The SMILES string of the molecule is CCC(C)(C)N(CCCCCCCCOC(=O)c1ccc(O)cc1)C(C)(C)CC. The number of benzene rings is 1. The van der Waals surface area contributed by atoms with Crippen molar-refractivity contribution in [2.75, 3.05) is 13.2 Å². The van der Waals surface area contributed by atoms with Crippen LogP contribution in [0.25, 0.3) is 0 Å². The number of rotatable bonds is 14. The van der Waals surface area contributed by atoms with E-state index in [4.69, 9.17) is 4.74 Å². The highest BCUT2D eigenvalue weighted by Gasteiger charge is 2.34. The summed E-state index contributed by atoms with van der Waals surface area (Å²) in [5, 5.41) is 9.25. The number of unbranched alkanes of at least 4 members (excludes halogenated alkanes) is 5. The number of hydrogen-bond acceptors (Lipinski definition) is 4. The number of phenols is 1. The smallest absolute Gasteiger partial charge is 0.338 e. The Labute approximate surface area is 178 Å². The van der Waals surface area contributed by atoms with Gasteiger partial charge in [-0.15, -0.1) is 0 Å². The van der Waals surface area contributed by atoms with Gasteiger partial charge in [0.15, 0.2) is 0 Å². The molecule has 1 N–H and O–H groups in total.